The number of carbonyl (C=O) groups is 2. The van der Waals surface area contributed by atoms with Crippen molar-refractivity contribution in [3.05, 3.63) is 44.9 Å². The molecule has 1 amide bonds. The van der Waals surface area contributed by atoms with E-state index in [1.54, 1.807) is 11.3 Å². The number of rotatable bonds is 3. The van der Waals surface area contributed by atoms with Crippen molar-refractivity contribution in [3.8, 4) is 0 Å². The van der Waals surface area contributed by atoms with Gasteiger partial charge < -0.3 is 4.90 Å². The van der Waals surface area contributed by atoms with Crippen molar-refractivity contribution < 1.29 is 9.59 Å². The summed E-state index contributed by atoms with van der Waals surface area (Å²) in [5, 5.41) is 10.3. The summed E-state index contributed by atoms with van der Waals surface area (Å²) >= 11 is 1.63. The Morgan fingerprint density at radius 1 is 1.15 bits per heavy atom. The van der Waals surface area contributed by atoms with Crippen LogP contribution < -0.4 is 0 Å². The Balaban J connectivity index is 1.44. The molecule has 0 bridgehead atoms. The summed E-state index contributed by atoms with van der Waals surface area (Å²) in [6.07, 6.45) is 2.15. The van der Waals surface area contributed by atoms with Crippen molar-refractivity contribution in [3.63, 3.8) is 0 Å². The second kappa shape index (κ2) is 7.25. The van der Waals surface area contributed by atoms with Gasteiger partial charge in [-0.2, -0.15) is 0 Å². The van der Waals surface area contributed by atoms with E-state index in [-0.39, 0.29) is 11.7 Å². The smallest absolute Gasteiger partial charge is 0.254 e. The minimum atomic E-state index is 0.0603. The lowest BCUT2D eigenvalue weighted by Gasteiger charge is -2.22. The average molecular weight is 370 g/mol. The molecule has 6 nitrogen and oxygen atoms in total. The number of amides is 1. The standard InChI is InChI=1S/C19H22N4O2S/c1-13-20-21-18(26-13)12-22-8-3-9-23(11-10-22)19(25)16-5-2-4-15-14(16)6-7-17(15)24/h2,4-5H,3,6-12H2,1H3. The normalized spacial score (nSPS) is 18.0. The molecule has 1 aromatic carbocycles. The van der Waals surface area contributed by atoms with Gasteiger partial charge in [0.05, 0.1) is 6.54 Å². The predicted octanol–water partition coefficient (Wildman–Crippen LogP) is 2.32. The molecule has 7 heteroatoms. The number of benzene rings is 1. The fourth-order valence-corrected chi connectivity index (χ4v) is 4.54. The average Bonchev–Trinajstić information content (AvgIpc) is 3.13. The first-order valence-electron chi connectivity index (χ1n) is 9.07. The Morgan fingerprint density at radius 2 is 2.04 bits per heavy atom. The molecule has 4 rings (SSSR count). The minimum Gasteiger partial charge on any atom is -0.337 e. The van der Waals surface area contributed by atoms with E-state index in [0.29, 0.717) is 24.9 Å². The van der Waals surface area contributed by atoms with Gasteiger partial charge in [-0.3, -0.25) is 14.5 Å². The summed E-state index contributed by atoms with van der Waals surface area (Å²) in [4.78, 5) is 29.3. The second-order valence-corrected chi connectivity index (χ2v) is 8.16. The van der Waals surface area contributed by atoms with Crippen LogP contribution in [0, 0.1) is 6.92 Å². The minimum absolute atomic E-state index is 0.0603. The maximum atomic E-state index is 13.1. The zero-order chi connectivity index (χ0) is 18.1. The van der Waals surface area contributed by atoms with E-state index in [2.05, 4.69) is 15.1 Å². The molecule has 2 aromatic rings. The van der Waals surface area contributed by atoms with Gasteiger partial charge >= 0.3 is 0 Å². The largest absolute Gasteiger partial charge is 0.337 e. The first kappa shape index (κ1) is 17.3. The van der Waals surface area contributed by atoms with Gasteiger partial charge in [0.15, 0.2) is 5.78 Å². The van der Waals surface area contributed by atoms with Crippen LogP contribution in [-0.2, 0) is 13.0 Å². The Kier molecular flexibility index (Phi) is 4.82. The number of hydrogen-bond acceptors (Lipinski definition) is 6. The molecule has 1 saturated heterocycles. The van der Waals surface area contributed by atoms with Crippen LogP contribution in [0.5, 0.6) is 0 Å². The van der Waals surface area contributed by atoms with Crippen molar-refractivity contribution in [1.82, 2.24) is 20.0 Å². The van der Waals surface area contributed by atoms with E-state index in [4.69, 9.17) is 0 Å². The molecule has 0 saturated carbocycles. The van der Waals surface area contributed by atoms with Gasteiger partial charge in [0.1, 0.15) is 10.0 Å². The number of aromatic nitrogens is 2. The van der Waals surface area contributed by atoms with Crippen LogP contribution >= 0.6 is 11.3 Å². The molecule has 136 valence electrons. The van der Waals surface area contributed by atoms with E-state index in [0.717, 1.165) is 53.7 Å². The predicted molar refractivity (Wildman–Crippen MR) is 99.5 cm³/mol. The number of aryl methyl sites for hydroxylation is 1. The Morgan fingerprint density at radius 3 is 2.85 bits per heavy atom. The first-order chi connectivity index (χ1) is 12.6. The first-order valence-corrected chi connectivity index (χ1v) is 9.89. The molecule has 1 fully saturated rings. The molecular weight excluding hydrogens is 348 g/mol. The Bertz CT molecular complexity index is 848. The van der Waals surface area contributed by atoms with Gasteiger partial charge in [0.25, 0.3) is 5.91 Å². The van der Waals surface area contributed by atoms with Crippen LogP contribution in [0.25, 0.3) is 0 Å². The number of hydrogen-bond donors (Lipinski definition) is 0. The second-order valence-electron chi connectivity index (χ2n) is 6.89. The van der Waals surface area contributed by atoms with Crippen LogP contribution in [0.4, 0.5) is 0 Å². The number of nitrogens with zero attached hydrogens (tertiary/aromatic N) is 4. The van der Waals surface area contributed by atoms with Crippen molar-refractivity contribution in [2.24, 2.45) is 0 Å². The summed E-state index contributed by atoms with van der Waals surface area (Å²) in [5.74, 6) is 0.217. The highest BCUT2D eigenvalue weighted by molar-refractivity contribution is 7.11. The maximum absolute atomic E-state index is 13.1. The van der Waals surface area contributed by atoms with Crippen molar-refractivity contribution in [1.29, 1.82) is 0 Å². The molecule has 1 aromatic heterocycles. The fourth-order valence-electron chi connectivity index (χ4n) is 3.79. The van der Waals surface area contributed by atoms with Gasteiger partial charge in [-0.25, -0.2) is 0 Å². The number of carbonyl (C=O) groups excluding carboxylic acids is 2. The molecule has 2 aliphatic rings. The number of ketones is 1. The van der Waals surface area contributed by atoms with Crippen molar-refractivity contribution in [2.75, 3.05) is 26.2 Å². The molecule has 0 radical (unpaired) electrons. The van der Waals surface area contributed by atoms with Crippen molar-refractivity contribution >= 4 is 23.0 Å². The highest BCUT2D eigenvalue weighted by Crippen LogP contribution is 2.26. The van der Waals surface area contributed by atoms with E-state index in [9.17, 15) is 9.59 Å². The van der Waals surface area contributed by atoms with E-state index in [1.807, 2.05) is 30.0 Å². The lowest BCUT2D eigenvalue weighted by molar-refractivity contribution is 0.0760. The summed E-state index contributed by atoms with van der Waals surface area (Å²) in [5.41, 5.74) is 2.38. The summed E-state index contributed by atoms with van der Waals surface area (Å²) in [7, 11) is 0. The molecule has 26 heavy (non-hydrogen) atoms. The third-order valence-corrected chi connectivity index (χ3v) is 5.93. The van der Waals surface area contributed by atoms with E-state index in [1.165, 1.54) is 0 Å². The van der Waals surface area contributed by atoms with Gasteiger partial charge in [0, 0.05) is 43.7 Å². The van der Waals surface area contributed by atoms with Gasteiger partial charge in [0.2, 0.25) is 0 Å². The zero-order valence-corrected chi connectivity index (χ0v) is 15.7. The van der Waals surface area contributed by atoms with Crippen molar-refractivity contribution in [2.45, 2.75) is 32.7 Å². The molecule has 1 aliphatic heterocycles. The lowest BCUT2D eigenvalue weighted by atomic mass is 10.0. The molecular formula is C19H22N4O2S. The van der Waals surface area contributed by atoms with Crippen LogP contribution in [-0.4, -0.2) is 57.9 Å². The summed E-state index contributed by atoms with van der Waals surface area (Å²) in [6.45, 7) is 6.00. The highest BCUT2D eigenvalue weighted by Gasteiger charge is 2.27. The fraction of sp³-hybridized carbons (Fsp3) is 0.474. The topological polar surface area (TPSA) is 66.4 Å². The molecule has 1 aliphatic carbocycles. The van der Waals surface area contributed by atoms with Crippen LogP contribution in [0.2, 0.25) is 0 Å². The van der Waals surface area contributed by atoms with Crippen LogP contribution in [0.3, 0.4) is 0 Å². The van der Waals surface area contributed by atoms with Crippen LogP contribution in [0.1, 0.15) is 49.1 Å². The number of fused-ring (bicyclic) bond motifs is 1. The monoisotopic (exact) mass is 370 g/mol. The summed E-state index contributed by atoms with van der Waals surface area (Å²) < 4.78 is 0. The van der Waals surface area contributed by atoms with Gasteiger partial charge in [-0.15, -0.1) is 21.5 Å². The Labute approximate surface area is 156 Å². The lowest BCUT2D eigenvalue weighted by Crippen LogP contribution is -2.35. The van der Waals surface area contributed by atoms with Gasteiger partial charge in [-0.05, 0) is 31.4 Å². The maximum Gasteiger partial charge on any atom is 0.254 e. The van der Waals surface area contributed by atoms with Crippen LogP contribution in [0.15, 0.2) is 18.2 Å². The highest BCUT2D eigenvalue weighted by atomic mass is 32.1. The molecule has 0 spiro atoms. The molecule has 0 atom stereocenters. The molecule has 0 N–H and O–H groups in total. The van der Waals surface area contributed by atoms with Gasteiger partial charge in [-0.1, -0.05) is 12.1 Å². The third kappa shape index (κ3) is 3.41. The Hall–Kier alpha value is -2.12. The molecule has 2 heterocycles. The van der Waals surface area contributed by atoms with E-state index < -0.39 is 0 Å². The summed E-state index contributed by atoms with van der Waals surface area (Å²) in [6, 6.07) is 5.54. The van der Waals surface area contributed by atoms with E-state index >= 15 is 0 Å². The zero-order valence-electron chi connectivity index (χ0n) is 14.9. The third-order valence-electron chi connectivity index (χ3n) is 5.11. The quantitative estimate of drug-likeness (QED) is 0.830. The molecule has 0 unspecified atom stereocenters. The number of Topliss-reactive ketones (excluding diaryl/α,β-unsaturated/α-hetero) is 1. The SMILES string of the molecule is Cc1nnc(CN2CCCN(C(=O)c3cccc4c3CCC4=O)CC2)s1.